The van der Waals surface area contributed by atoms with Crippen molar-refractivity contribution in [1.29, 1.82) is 0 Å². The van der Waals surface area contributed by atoms with E-state index in [-0.39, 0.29) is 5.91 Å². The minimum atomic E-state index is -3.33. The molecule has 30 heavy (non-hydrogen) atoms. The summed E-state index contributed by atoms with van der Waals surface area (Å²) in [7, 11) is -1.19. The number of nitrogens with one attached hydrogen (secondary N) is 1. The molecule has 0 aromatic heterocycles. The minimum Gasteiger partial charge on any atom is -0.369 e. The van der Waals surface area contributed by atoms with Gasteiger partial charge in [-0.3, -0.25) is 9.10 Å². The number of amides is 1. The van der Waals surface area contributed by atoms with Crippen molar-refractivity contribution in [3.8, 4) is 0 Å². The van der Waals surface area contributed by atoms with Gasteiger partial charge in [0.2, 0.25) is 10.0 Å². The van der Waals surface area contributed by atoms with Gasteiger partial charge >= 0.3 is 0 Å². The quantitative estimate of drug-likeness (QED) is 0.729. The van der Waals surface area contributed by atoms with E-state index in [1.165, 1.54) is 16.2 Å². The van der Waals surface area contributed by atoms with Crippen molar-refractivity contribution in [3.05, 3.63) is 59.7 Å². The number of nitrogens with zero attached hydrogens (tertiary/aromatic N) is 3. The summed E-state index contributed by atoms with van der Waals surface area (Å²) in [5.74, 6) is -0.188. The Hall–Kier alpha value is -2.58. The molecule has 1 fully saturated rings. The molecule has 1 N–H and O–H groups in total. The first-order valence-electron chi connectivity index (χ1n) is 10.2. The third-order valence-electron chi connectivity index (χ3n) is 5.36. The highest BCUT2D eigenvalue weighted by Gasteiger charge is 2.16. The fraction of sp³-hybridized carbons (Fsp3) is 0.409. The van der Waals surface area contributed by atoms with E-state index in [1.807, 2.05) is 12.1 Å². The van der Waals surface area contributed by atoms with Gasteiger partial charge in [0, 0.05) is 50.5 Å². The Morgan fingerprint density at radius 1 is 1.00 bits per heavy atom. The van der Waals surface area contributed by atoms with Crippen molar-refractivity contribution in [2.75, 3.05) is 55.2 Å². The maximum atomic E-state index is 12.5. The van der Waals surface area contributed by atoms with Crippen LogP contribution in [0.4, 0.5) is 11.4 Å². The largest absolute Gasteiger partial charge is 0.369 e. The number of benzene rings is 2. The lowest BCUT2D eigenvalue weighted by atomic mass is 10.1. The van der Waals surface area contributed by atoms with Gasteiger partial charge in [0.05, 0.1) is 11.9 Å². The Kier molecular flexibility index (Phi) is 6.99. The molecule has 1 aliphatic rings. The summed E-state index contributed by atoms with van der Waals surface area (Å²) in [6.45, 7) is 6.74. The highest BCUT2D eigenvalue weighted by molar-refractivity contribution is 7.92. The van der Waals surface area contributed by atoms with Gasteiger partial charge in [-0.25, -0.2) is 8.42 Å². The zero-order valence-corrected chi connectivity index (χ0v) is 18.7. The molecule has 1 heterocycles. The Labute approximate surface area is 179 Å². The summed E-state index contributed by atoms with van der Waals surface area (Å²) in [5.41, 5.74) is 3.29. The van der Waals surface area contributed by atoms with Crippen LogP contribution in [-0.2, 0) is 16.6 Å². The smallest absolute Gasteiger partial charge is 0.251 e. The molecule has 0 radical (unpaired) electrons. The standard InChI is InChI=1S/C22H30N4O3S/c1-4-26(30(3,28)29)21-11-7-19(8-12-21)22(27)23-17-18-5-9-20(10-6-18)25-15-13-24(2)14-16-25/h5-12H,4,13-17H2,1-3H3,(H,23,27). The lowest BCUT2D eigenvalue weighted by Crippen LogP contribution is -2.44. The number of anilines is 2. The summed E-state index contributed by atoms with van der Waals surface area (Å²) in [5, 5.41) is 2.92. The molecule has 0 spiro atoms. The summed E-state index contributed by atoms with van der Waals surface area (Å²) >= 11 is 0. The van der Waals surface area contributed by atoms with Crippen LogP contribution in [0.25, 0.3) is 0 Å². The van der Waals surface area contributed by atoms with Crippen molar-refractivity contribution in [2.45, 2.75) is 13.5 Å². The molecular formula is C22H30N4O3S. The average molecular weight is 431 g/mol. The van der Waals surface area contributed by atoms with Crippen molar-refractivity contribution in [1.82, 2.24) is 10.2 Å². The van der Waals surface area contributed by atoms with E-state index < -0.39 is 10.0 Å². The fourth-order valence-corrected chi connectivity index (χ4v) is 4.53. The van der Waals surface area contributed by atoms with Crippen LogP contribution in [0.15, 0.2) is 48.5 Å². The number of rotatable bonds is 7. The minimum absolute atomic E-state index is 0.188. The summed E-state index contributed by atoms with van der Waals surface area (Å²) in [6, 6.07) is 14.9. The molecule has 1 amide bonds. The summed E-state index contributed by atoms with van der Waals surface area (Å²) < 4.78 is 24.9. The van der Waals surface area contributed by atoms with Gasteiger partial charge in [-0.15, -0.1) is 0 Å². The number of hydrogen-bond acceptors (Lipinski definition) is 5. The Morgan fingerprint density at radius 2 is 1.60 bits per heavy atom. The van der Waals surface area contributed by atoms with Crippen LogP contribution in [0, 0.1) is 0 Å². The van der Waals surface area contributed by atoms with Gasteiger partial charge < -0.3 is 15.1 Å². The molecule has 1 saturated heterocycles. The third kappa shape index (κ3) is 5.52. The van der Waals surface area contributed by atoms with Crippen molar-refractivity contribution < 1.29 is 13.2 Å². The van der Waals surface area contributed by atoms with E-state index in [1.54, 1.807) is 31.2 Å². The lowest BCUT2D eigenvalue weighted by molar-refractivity contribution is 0.0951. The van der Waals surface area contributed by atoms with Gasteiger partial charge in [0.15, 0.2) is 0 Å². The van der Waals surface area contributed by atoms with Crippen LogP contribution in [0.2, 0.25) is 0 Å². The molecule has 3 rings (SSSR count). The molecular weight excluding hydrogens is 400 g/mol. The zero-order chi connectivity index (χ0) is 21.7. The first-order chi connectivity index (χ1) is 14.3. The highest BCUT2D eigenvalue weighted by Crippen LogP contribution is 2.19. The molecule has 162 valence electrons. The first-order valence-corrected chi connectivity index (χ1v) is 12.0. The topological polar surface area (TPSA) is 73.0 Å². The van der Waals surface area contributed by atoms with Crippen LogP contribution in [0.5, 0.6) is 0 Å². The number of piperazine rings is 1. The number of carbonyl (C=O) groups excluding carboxylic acids is 1. The van der Waals surface area contributed by atoms with E-state index in [2.05, 4.69) is 34.3 Å². The number of likely N-dealkylation sites (N-methyl/N-ethyl adjacent to an activating group) is 1. The predicted molar refractivity (Wildman–Crippen MR) is 122 cm³/mol. The maximum Gasteiger partial charge on any atom is 0.251 e. The average Bonchev–Trinajstić information content (AvgIpc) is 2.73. The van der Waals surface area contributed by atoms with Gasteiger partial charge in [0.25, 0.3) is 5.91 Å². The Balaban J connectivity index is 1.56. The van der Waals surface area contributed by atoms with Crippen LogP contribution in [0.1, 0.15) is 22.8 Å². The second kappa shape index (κ2) is 9.49. The first kappa shape index (κ1) is 22.1. The summed E-state index contributed by atoms with van der Waals surface area (Å²) in [6.07, 6.45) is 1.17. The Bertz CT molecular complexity index is 951. The van der Waals surface area contributed by atoms with Gasteiger partial charge in [-0.2, -0.15) is 0 Å². The molecule has 2 aromatic carbocycles. The second-order valence-corrected chi connectivity index (χ2v) is 9.52. The van der Waals surface area contributed by atoms with Crippen molar-refractivity contribution >= 4 is 27.3 Å². The van der Waals surface area contributed by atoms with Gasteiger partial charge in [-0.05, 0) is 55.9 Å². The van der Waals surface area contributed by atoms with Crippen molar-refractivity contribution in [3.63, 3.8) is 0 Å². The zero-order valence-electron chi connectivity index (χ0n) is 17.8. The molecule has 0 bridgehead atoms. The SMILES string of the molecule is CCN(c1ccc(C(=O)NCc2ccc(N3CCN(C)CC3)cc2)cc1)S(C)(=O)=O. The Morgan fingerprint density at radius 3 is 2.13 bits per heavy atom. The lowest BCUT2D eigenvalue weighted by Gasteiger charge is -2.34. The van der Waals surface area contributed by atoms with Crippen LogP contribution < -0.4 is 14.5 Å². The van der Waals surface area contributed by atoms with E-state index >= 15 is 0 Å². The maximum absolute atomic E-state index is 12.5. The van der Waals surface area contributed by atoms with E-state index in [4.69, 9.17) is 0 Å². The molecule has 0 saturated carbocycles. The second-order valence-electron chi connectivity index (χ2n) is 7.61. The number of sulfonamides is 1. The van der Waals surface area contributed by atoms with Crippen LogP contribution in [-0.4, -0.2) is 65.3 Å². The van der Waals surface area contributed by atoms with Crippen LogP contribution in [0.3, 0.4) is 0 Å². The molecule has 2 aromatic rings. The number of carbonyl (C=O) groups is 1. The third-order valence-corrected chi connectivity index (χ3v) is 6.63. The molecule has 0 unspecified atom stereocenters. The van der Waals surface area contributed by atoms with Crippen molar-refractivity contribution in [2.24, 2.45) is 0 Å². The highest BCUT2D eigenvalue weighted by atomic mass is 32.2. The number of hydrogen-bond donors (Lipinski definition) is 1. The molecule has 0 atom stereocenters. The molecule has 7 nitrogen and oxygen atoms in total. The predicted octanol–water partition coefficient (Wildman–Crippen LogP) is 2.15. The summed E-state index contributed by atoms with van der Waals surface area (Å²) in [4.78, 5) is 17.2. The van der Waals surface area contributed by atoms with E-state index in [9.17, 15) is 13.2 Å². The van der Waals surface area contributed by atoms with Gasteiger partial charge in [-0.1, -0.05) is 12.1 Å². The molecule has 0 aliphatic carbocycles. The molecule has 8 heteroatoms. The molecule has 1 aliphatic heterocycles. The monoisotopic (exact) mass is 430 g/mol. The van der Waals surface area contributed by atoms with Crippen LogP contribution >= 0.6 is 0 Å². The van der Waals surface area contributed by atoms with E-state index in [0.29, 0.717) is 24.3 Å². The van der Waals surface area contributed by atoms with Gasteiger partial charge in [0.1, 0.15) is 0 Å². The fourth-order valence-electron chi connectivity index (χ4n) is 3.56. The normalized spacial score (nSPS) is 15.1. The van der Waals surface area contributed by atoms with E-state index in [0.717, 1.165) is 31.7 Å².